The molecule has 0 aromatic carbocycles. The molecule has 1 amide bonds. The molecule has 1 saturated heterocycles. The van der Waals surface area contributed by atoms with E-state index in [0.717, 1.165) is 38.4 Å². The average molecular weight is 294 g/mol. The lowest BCUT2D eigenvalue weighted by Crippen LogP contribution is -2.43. The third kappa shape index (κ3) is 5.61. The van der Waals surface area contributed by atoms with E-state index in [9.17, 15) is 4.79 Å². The van der Waals surface area contributed by atoms with Gasteiger partial charge in [0.1, 0.15) is 0 Å². The normalized spacial score (nSPS) is 21.7. The molecule has 0 aromatic heterocycles. The molecule has 0 unspecified atom stereocenters. The van der Waals surface area contributed by atoms with Crippen LogP contribution in [0.25, 0.3) is 0 Å². The minimum Gasteiger partial charge on any atom is -0.340 e. The van der Waals surface area contributed by atoms with Gasteiger partial charge in [0.15, 0.2) is 0 Å². The van der Waals surface area contributed by atoms with Gasteiger partial charge in [0.25, 0.3) is 0 Å². The molecule has 1 aliphatic heterocycles. The van der Waals surface area contributed by atoms with Gasteiger partial charge in [0.2, 0.25) is 5.91 Å². The van der Waals surface area contributed by atoms with Crippen LogP contribution in [0.2, 0.25) is 0 Å². The zero-order valence-electron chi connectivity index (χ0n) is 14.1. The molecular formula is C18H34N2O. The Morgan fingerprint density at radius 2 is 1.71 bits per heavy atom. The lowest BCUT2D eigenvalue weighted by atomic mass is 9.86. The van der Waals surface area contributed by atoms with Gasteiger partial charge in [-0.2, -0.15) is 0 Å². The molecule has 21 heavy (non-hydrogen) atoms. The maximum Gasteiger partial charge on any atom is 0.222 e. The molecule has 1 aliphatic carbocycles. The largest absolute Gasteiger partial charge is 0.340 e. The summed E-state index contributed by atoms with van der Waals surface area (Å²) in [6.07, 6.45) is 11.2. The maximum atomic E-state index is 12.6. The number of nitrogens with one attached hydrogen (secondary N) is 1. The van der Waals surface area contributed by atoms with E-state index in [2.05, 4.69) is 24.1 Å². The summed E-state index contributed by atoms with van der Waals surface area (Å²) in [6, 6.07) is 0.346. The number of rotatable bonds is 6. The van der Waals surface area contributed by atoms with Gasteiger partial charge in [0, 0.05) is 19.0 Å². The average Bonchev–Trinajstić information content (AvgIpc) is 2.52. The highest BCUT2D eigenvalue weighted by Crippen LogP contribution is 2.27. The summed E-state index contributed by atoms with van der Waals surface area (Å²) in [5.41, 5.74) is 0. The summed E-state index contributed by atoms with van der Waals surface area (Å²) in [4.78, 5) is 14.8. The van der Waals surface area contributed by atoms with Gasteiger partial charge >= 0.3 is 0 Å². The molecule has 1 saturated carbocycles. The van der Waals surface area contributed by atoms with E-state index in [0.29, 0.717) is 17.9 Å². The molecule has 0 spiro atoms. The van der Waals surface area contributed by atoms with E-state index in [4.69, 9.17) is 0 Å². The molecule has 2 rings (SSSR count). The van der Waals surface area contributed by atoms with Crippen LogP contribution in [-0.4, -0.2) is 36.5 Å². The summed E-state index contributed by atoms with van der Waals surface area (Å²) in [7, 11) is 0. The van der Waals surface area contributed by atoms with Crippen LogP contribution in [0.15, 0.2) is 0 Å². The first-order chi connectivity index (χ1) is 10.2. The van der Waals surface area contributed by atoms with Crippen molar-refractivity contribution in [2.75, 3.05) is 19.6 Å². The molecule has 0 radical (unpaired) electrons. The minimum absolute atomic E-state index is 0.346. The highest BCUT2D eigenvalue weighted by Gasteiger charge is 2.23. The van der Waals surface area contributed by atoms with E-state index >= 15 is 0 Å². The number of nitrogens with zero attached hydrogens (tertiary/aromatic N) is 1. The number of hydrogen-bond donors (Lipinski definition) is 1. The van der Waals surface area contributed by atoms with Crippen LogP contribution in [0.5, 0.6) is 0 Å². The number of piperidine rings is 1. The molecule has 1 N–H and O–H groups in total. The van der Waals surface area contributed by atoms with E-state index in [1.54, 1.807) is 0 Å². The molecule has 2 aliphatic rings. The van der Waals surface area contributed by atoms with Crippen molar-refractivity contribution in [1.82, 2.24) is 10.2 Å². The Bertz CT molecular complexity index is 304. The Morgan fingerprint density at radius 3 is 2.33 bits per heavy atom. The lowest BCUT2D eigenvalue weighted by Gasteiger charge is -2.33. The van der Waals surface area contributed by atoms with Gasteiger partial charge < -0.3 is 10.2 Å². The lowest BCUT2D eigenvalue weighted by molar-refractivity contribution is -0.134. The fourth-order valence-electron chi connectivity index (χ4n) is 3.89. The Kier molecular flexibility index (Phi) is 7.01. The SMILES string of the molecule is CC(C)N(CC1CCNCC1)C(=O)CCC1CCCCC1. The van der Waals surface area contributed by atoms with Crippen molar-refractivity contribution in [3.63, 3.8) is 0 Å². The maximum absolute atomic E-state index is 12.6. The van der Waals surface area contributed by atoms with Crippen LogP contribution in [0, 0.1) is 11.8 Å². The van der Waals surface area contributed by atoms with Crippen molar-refractivity contribution < 1.29 is 4.79 Å². The van der Waals surface area contributed by atoms with E-state index in [1.165, 1.54) is 44.9 Å². The van der Waals surface area contributed by atoms with E-state index in [-0.39, 0.29) is 0 Å². The molecule has 2 fully saturated rings. The van der Waals surface area contributed by atoms with Crippen LogP contribution in [0.1, 0.15) is 71.6 Å². The smallest absolute Gasteiger partial charge is 0.222 e. The first-order valence-electron chi connectivity index (χ1n) is 9.17. The number of carbonyl (C=O) groups is 1. The van der Waals surface area contributed by atoms with Gasteiger partial charge in [-0.25, -0.2) is 0 Å². The highest BCUT2D eigenvalue weighted by atomic mass is 16.2. The first-order valence-corrected chi connectivity index (χ1v) is 9.17. The summed E-state index contributed by atoms with van der Waals surface area (Å²) in [5.74, 6) is 1.91. The van der Waals surface area contributed by atoms with Gasteiger partial charge in [-0.05, 0) is 58.0 Å². The van der Waals surface area contributed by atoms with Gasteiger partial charge in [-0.15, -0.1) is 0 Å². The second-order valence-electron chi connectivity index (χ2n) is 7.38. The van der Waals surface area contributed by atoms with Crippen LogP contribution >= 0.6 is 0 Å². The van der Waals surface area contributed by atoms with E-state index < -0.39 is 0 Å². The number of hydrogen-bond acceptors (Lipinski definition) is 2. The second-order valence-corrected chi connectivity index (χ2v) is 7.38. The Morgan fingerprint density at radius 1 is 1.05 bits per heavy atom. The Balaban J connectivity index is 1.77. The van der Waals surface area contributed by atoms with Crippen LogP contribution in [0.3, 0.4) is 0 Å². The molecule has 122 valence electrons. The molecule has 3 nitrogen and oxygen atoms in total. The van der Waals surface area contributed by atoms with Crippen molar-refractivity contribution in [2.24, 2.45) is 11.8 Å². The Labute approximate surface area is 130 Å². The van der Waals surface area contributed by atoms with Crippen molar-refractivity contribution >= 4 is 5.91 Å². The fraction of sp³-hybridized carbons (Fsp3) is 0.944. The summed E-state index contributed by atoms with van der Waals surface area (Å²) in [6.45, 7) is 7.54. The molecule has 0 bridgehead atoms. The van der Waals surface area contributed by atoms with Gasteiger partial charge in [-0.3, -0.25) is 4.79 Å². The topological polar surface area (TPSA) is 32.3 Å². The molecule has 3 heteroatoms. The quantitative estimate of drug-likeness (QED) is 0.812. The van der Waals surface area contributed by atoms with E-state index in [1.807, 2.05) is 0 Å². The third-order valence-corrected chi connectivity index (χ3v) is 5.35. The predicted molar refractivity (Wildman–Crippen MR) is 88.3 cm³/mol. The van der Waals surface area contributed by atoms with Gasteiger partial charge in [0.05, 0.1) is 0 Å². The third-order valence-electron chi connectivity index (χ3n) is 5.35. The first kappa shape index (κ1) is 16.8. The summed E-state index contributed by atoms with van der Waals surface area (Å²) >= 11 is 0. The Hall–Kier alpha value is -0.570. The van der Waals surface area contributed by atoms with Crippen molar-refractivity contribution in [1.29, 1.82) is 0 Å². The molecule has 0 atom stereocenters. The molecular weight excluding hydrogens is 260 g/mol. The van der Waals surface area contributed by atoms with Crippen molar-refractivity contribution in [3.8, 4) is 0 Å². The standard InChI is InChI=1S/C18H34N2O/c1-15(2)20(14-17-10-12-19-13-11-17)18(21)9-8-16-6-4-3-5-7-16/h15-17,19H,3-14H2,1-2H3. The zero-order chi connectivity index (χ0) is 15.1. The zero-order valence-corrected chi connectivity index (χ0v) is 14.1. The minimum atomic E-state index is 0.346. The van der Waals surface area contributed by atoms with Gasteiger partial charge in [-0.1, -0.05) is 32.1 Å². The van der Waals surface area contributed by atoms with Crippen molar-refractivity contribution in [2.45, 2.75) is 77.7 Å². The highest BCUT2D eigenvalue weighted by molar-refractivity contribution is 5.76. The van der Waals surface area contributed by atoms with Crippen molar-refractivity contribution in [3.05, 3.63) is 0 Å². The molecule has 1 heterocycles. The summed E-state index contributed by atoms with van der Waals surface area (Å²) in [5, 5.41) is 3.41. The number of carbonyl (C=O) groups excluding carboxylic acids is 1. The van der Waals surface area contributed by atoms with Crippen LogP contribution in [-0.2, 0) is 4.79 Å². The summed E-state index contributed by atoms with van der Waals surface area (Å²) < 4.78 is 0. The van der Waals surface area contributed by atoms with Crippen LogP contribution in [0.4, 0.5) is 0 Å². The fourth-order valence-corrected chi connectivity index (χ4v) is 3.89. The number of amides is 1. The predicted octanol–water partition coefficient (Wildman–Crippen LogP) is 3.58. The molecule has 0 aromatic rings. The second kappa shape index (κ2) is 8.77. The van der Waals surface area contributed by atoms with Crippen LogP contribution < -0.4 is 5.32 Å². The monoisotopic (exact) mass is 294 g/mol.